The van der Waals surface area contributed by atoms with Gasteiger partial charge in [-0.25, -0.2) is 9.97 Å². The van der Waals surface area contributed by atoms with Crippen LogP contribution in [0.15, 0.2) is 24.8 Å². The van der Waals surface area contributed by atoms with E-state index in [4.69, 9.17) is 0 Å². The molecule has 130 valence electrons. The van der Waals surface area contributed by atoms with Crippen LogP contribution in [0.3, 0.4) is 0 Å². The van der Waals surface area contributed by atoms with Gasteiger partial charge < -0.3 is 9.80 Å². The van der Waals surface area contributed by atoms with Crippen molar-refractivity contribution in [1.82, 2.24) is 19.7 Å². The Morgan fingerprint density at radius 1 is 1.12 bits per heavy atom. The SMILES string of the molecule is O=C1CCCN1c1cnn(C2CCN(c3cc(C4CC4)ncn3)C2)c1. The molecule has 2 aliphatic heterocycles. The van der Waals surface area contributed by atoms with Crippen molar-refractivity contribution in [3.05, 3.63) is 30.5 Å². The van der Waals surface area contributed by atoms with E-state index in [-0.39, 0.29) is 5.91 Å². The highest BCUT2D eigenvalue weighted by molar-refractivity contribution is 5.95. The highest BCUT2D eigenvalue weighted by atomic mass is 16.2. The third-order valence-corrected chi connectivity index (χ3v) is 5.50. The molecule has 25 heavy (non-hydrogen) atoms. The Labute approximate surface area is 146 Å². The monoisotopic (exact) mass is 338 g/mol. The first-order valence-corrected chi connectivity index (χ1v) is 9.19. The molecule has 2 aromatic rings. The predicted octanol–water partition coefficient (Wildman–Crippen LogP) is 2.13. The Hall–Kier alpha value is -2.44. The Kier molecular flexibility index (Phi) is 3.46. The summed E-state index contributed by atoms with van der Waals surface area (Å²) in [5.41, 5.74) is 2.11. The van der Waals surface area contributed by atoms with Crippen molar-refractivity contribution in [2.24, 2.45) is 0 Å². The fraction of sp³-hybridized carbons (Fsp3) is 0.556. The van der Waals surface area contributed by atoms with Crippen LogP contribution in [-0.2, 0) is 4.79 Å². The number of nitrogens with zero attached hydrogens (tertiary/aromatic N) is 6. The molecule has 0 radical (unpaired) electrons. The molecule has 1 unspecified atom stereocenters. The van der Waals surface area contributed by atoms with Crippen molar-refractivity contribution in [2.75, 3.05) is 29.4 Å². The van der Waals surface area contributed by atoms with Gasteiger partial charge in [-0.15, -0.1) is 0 Å². The van der Waals surface area contributed by atoms with Gasteiger partial charge in [0, 0.05) is 49.9 Å². The van der Waals surface area contributed by atoms with Crippen LogP contribution < -0.4 is 9.80 Å². The Balaban J connectivity index is 1.30. The fourth-order valence-corrected chi connectivity index (χ4v) is 3.89. The van der Waals surface area contributed by atoms with Crippen LogP contribution in [-0.4, -0.2) is 45.3 Å². The molecule has 3 aliphatic rings. The number of anilines is 2. The van der Waals surface area contributed by atoms with Crippen molar-refractivity contribution < 1.29 is 4.79 Å². The molecule has 3 fully saturated rings. The van der Waals surface area contributed by atoms with Crippen LogP contribution >= 0.6 is 0 Å². The summed E-state index contributed by atoms with van der Waals surface area (Å²) >= 11 is 0. The predicted molar refractivity (Wildman–Crippen MR) is 93.7 cm³/mol. The van der Waals surface area contributed by atoms with Gasteiger partial charge in [0.1, 0.15) is 12.1 Å². The van der Waals surface area contributed by atoms with Gasteiger partial charge in [-0.3, -0.25) is 9.48 Å². The third kappa shape index (κ3) is 2.77. The average Bonchev–Trinajstić information content (AvgIpc) is 3.01. The molecule has 1 saturated carbocycles. The molecule has 2 aromatic heterocycles. The van der Waals surface area contributed by atoms with Gasteiger partial charge in [0.2, 0.25) is 5.91 Å². The highest BCUT2D eigenvalue weighted by Crippen LogP contribution is 2.39. The van der Waals surface area contributed by atoms with Crippen LogP contribution in [0.5, 0.6) is 0 Å². The van der Waals surface area contributed by atoms with E-state index in [1.165, 1.54) is 18.5 Å². The first-order valence-electron chi connectivity index (χ1n) is 9.19. The van der Waals surface area contributed by atoms with Gasteiger partial charge in [-0.1, -0.05) is 0 Å². The zero-order chi connectivity index (χ0) is 16.8. The lowest BCUT2D eigenvalue weighted by molar-refractivity contribution is -0.117. The van der Waals surface area contributed by atoms with Crippen LogP contribution in [0.4, 0.5) is 11.5 Å². The fourth-order valence-electron chi connectivity index (χ4n) is 3.89. The lowest BCUT2D eigenvalue weighted by Gasteiger charge is -2.18. The standard InChI is InChI=1S/C18H22N6O/c25-18-2-1-6-23(18)15-9-21-24(11-15)14-5-7-22(10-14)17-8-16(13-3-4-13)19-12-20-17/h8-9,11-14H,1-7,10H2. The second-order valence-electron chi connectivity index (χ2n) is 7.29. The second-order valence-corrected chi connectivity index (χ2v) is 7.29. The number of rotatable bonds is 4. The number of hydrogen-bond donors (Lipinski definition) is 0. The Morgan fingerprint density at radius 2 is 2.04 bits per heavy atom. The largest absolute Gasteiger partial charge is 0.354 e. The van der Waals surface area contributed by atoms with Crippen molar-refractivity contribution in [2.45, 2.75) is 44.1 Å². The van der Waals surface area contributed by atoms with E-state index in [2.05, 4.69) is 26.0 Å². The van der Waals surface area contributed by atoms with Crippen molar-refractivity contribution in [3.63, 3.8) is 0 Å². The van der Waals surface area contributed by atoms with Crippen LogP contribution in [0.25, 0.3) is 0 Å². The molecule has 5 rings (SSSR count). The summed E-state index contributed by atoms with van der Waals surface area (Å²) in [6.07, 6.45) is 10.7. The van der Waals surface area contributed by atoms with Gasteiger partial charge in [0.15, 0.2) is 0 Å². The third-order valence-electron chi connectivity index (χ3n) is 5.50. The summed E-state index contributed by atoms with van der Waals surface area (Å²) < 4.78 is 2.02. The first-order chi connectivity index (χ1) is 12.3. The lowest BCUT2D eigenvalue weighted by Crippen LogP contribution is -2.23. The minimum absolute atomic E-state index is 0.209. The molecule has 0 bridgehead atoms. The first kappa shape index (κ1) is 14.9. The maximum absolute atomic E-state index is 11.9. The van der Waals surface area contributed by atoms with E-state index < -0.39 is 0 Å². The number of carbonyl (C=O) groups excluding carboxylic acids is 1. The molecular weight excluding hydrogens is 316 g/mol. The topological polar surface area (TPSA) is 67.2 Å². The van der Waals surface area contributed by atoms with Gasteiger partial charge in [0.05, 0.1) is 17.9 Å². The molecule has 0 aromatic carbocycles. The molecule has 7 heteroatoms. The maximum atomic E-state index is 11.9. The average molecular weight is 338 g/mol. The van der Waals surface area contributed by atoms with Crippen molar-refractivity contribution >= 4 is 17.4 Å². The van der Waals surface area contributed by atoms with Gasteiger partial charge in [0.25, 0.3) is 0 Å². The van der Waals surface area contributed by atoms with E-state index in [1.54, 1.807) is 6.33 Å². The molecule has 1 amide bonds. The van der Waals surface area contributed by atoms with Crippen molar-refractivity contribution in [3.8, 4) is 0 Å². The minimum atomic E-state index is 0.209. The number of aromatic nitrogens is 4. The van der Waals surface area contributed by atoms with Crippen molar-refractivity contribution in [1.29, 1.82) is 0 Å². The summed E-state index contributed by atoms with van der Waals surface area (Å²) in [7, 11) is 0. The van der Waals surface area contributed by atoms with E-state index in [1.807, 2.05) is 22.0 Å². The van der Waals surface area contributed by atoms with E-state index in [0.717, 1.165) is 44.0 Å². The number of carbonyl (C=O) groups is 1. The number of hydrogen-bond acceptors (Lipinski definition) is 5. The summed E-state index contributed by atoms with van der Waals surface area (Å²) in [6.45, 7) is 2.69. The van der Waals surface area contributed by atoms with Gasteiger partial charge in [-0.05, 0) is 25.7 Å². The number of amides is 1. The van der Waals surface area contributed by atoms with E-state index in [0.29, 0.717) is 18.4 Å². The highest BCUT2D eigenvalue weighted by Gasteiger charge is 2.30. The van der Waals surface area contributed by atoms with Crippen LogP contribution in [0.1, 0.15) is 49.8 Å². The normalized spacial score (nSPS) is 23.7. The van der Waals surface area contributed by atoms with Gasteiger partial charge >= 0.3 is 0 Å². The zero-order valence-electron chi connectivity index (χ0n) is 14.2. The smallest absolute Gasteiger partial charge is 0.227 e. The molecule has 2 saturated heterocycles. The van der Waals surface area contributed by atoms with Crippen LogP contribution in [0.2, 0.25) is 0 Å². The molecule has 0 spiro atoms. The summed E-state index contributed by atoms with van der Waals surface area (Å²) in [5, 5.41) is 4.52. The van der Waals surface area contributed by atoms with E-state index >= 15 is 0 Å². The zero-order valence-corrected chi connectivity index (χ0v) is 14.2. The molecule has 1 atom stereocenters. The minimum Gasteiger partial charge on any atom is -0.354 e. The Bertz CT molecular complexity index is 798. The summed E-state index contributed by atoms with van der Waals surface area (Å²) in [6, 6.07) is 2.48. The molecular formula is C18H22N6O. The summed E-state index contributed by atoms with van der Waals surface area (Å²) in [5.74, 6) is 1.88. The molecule has 0 N–H and O–H groups in total. The molecule has 1 aliphatic carbocycles. The van der Waals surface area contributed by atoms with E-state index in [9.17, 15) is 4.79 Å². The molecule has 4 heterocycles. The lowest BCUT2D eigenvalue weighted by atomic mass is 10.2. The molecule has 7 nitrogen and oxygen atoms in total. The van der Waals surface area contributed by atoms with Crippen LogP contribution in [0, 0.1) is 0 Å². The maximum Gasteiger partial charge on any atom is 0.227 e. The second kappa shape index (κ2) is 5.82. The summed E-state index contributed by atoms with van der Waals surface area (Å²) in [4.78, 5) is 25.0. The quantitative estimate of drug-likeness (QED) is 0.854. The van der Waals surface area contributed by atoms with Gasteiger partial charge in [-0.2, -0.15) is 5.10 Å². The Morgan fingerprint density at radius 3 is 2.84 bits per heavy atom.